The number of ether oxygens (including phenoxy) is 1. The molecule has 1 unspecified atom stereocenters. The lowest BCUT2D eigenvalue weighted by Crippen LogP contribution is -2.66. The number of nitrogens with one attached hydrogen (secondary N) is 1. The number of rotatable bonds is 4. The zero-order valence-electron chi connectivity index (χ0n) is 15.3. The molecule has 3 aliphatic rings. The number of hydrogen-bond acceptors (Lipinski definition) is 5. The Balaban J connectivity index is 1.69. The molecule has 3 saturated heterocycles. The van der Waals surface area contributed by atoms with Gasteiger partial charge in [-0.05, 0) is 71.7 Å². The molecule has 1 aromatic heterocycles. The fourth-order valence-corrected chi connectivity index (χ4v) is 4.62. The van der Waals surface area contributed by atoms with Crippen LogP contribution in [0.25, 0.3) is 11.0 Å². The fraction of sp³-hybridized carbons (Fsp3) is 0.632. The van der Waals surface area contributed by atoms with E-state index in [2.05, 4.69) is 29.2 Å². The van der Waals surface area contributed by atoms with E-state index >= 15 is 0 Å². The Morgan fingerprint density at radius 3 is 2.68 bits per heavy atom. The van der Waals surface area contributed by atoms with Crippen molar-refractivity contribution in [3.8, 4) is 5.75 Å². The number of fused-ring (bicyclic) bond motifs is 4. The molecule has 136 valence electrons. The molecule has 0 spiro atoms. The van der Waals surface area contributed by atoms with E-state index < -0.39 is 0 Å². The maximum absolute atomic E-state index is 6.31. The molecule has 4 heterocycles. The number of nitrogens with zero attached hydrogens (tertiary/aromatic N) is 2. The summed E-state index contributed by atoms with van der Waals surface area (Å²) in [6, 6.07) is 4.16. The van der Waals surface area contributed by atoms with E-state index in [0.717, 1.165) is 11.2 Å². The molecular weight excluding hydrogens is 338 g/mol. The smallest absolute Gasteiger partial charge is 0.212 e. The van der Waals surface area contributed by atoms with Gasteiger partial charge >= 0.3 is 0 Å². The molecule has 6 heteroatoms. The highest BCUT2D eigenvalue weighted by Gasteiger charge is 2.47. The van der Waals surface area contributed by atoms with E-state index in [4.69, 9.17) is 20.9 Å². The van der Waals surface area contributed by atoms with Crippen LogP contribution in [0.2, 0.25) is 5.02 Å². The van der Waals surface area contributed by atoms with Crippen molar-refractivity contribution >= 4 is 28.4 Å². The van der Waals surface area contributed by atoms with Crippen molar-refractivity contribution < 1.29 is 9.26 Å². The van der Waals surface area contributed by atoms with Gasteiger partial charge in [0.25, 0.3) is 0 Å². The van der Waals surface area contributed by atoms with Gasteiger partial charge in [-0.2, -0.15) is 0 Å². The average Bonchev–Trinajstić information content (AvgIpc) is 2.97. The standard InChI is InChI=1S/C19H26ClN3O2/c1-11(2)24-16-14(20)6-5-13-15(16)25-22-18(13)21-17-12-7-9-23(10-8-12)19(17,3)4/h5-6,11-12,17H,7-10H2,1-4H3,(H,21,22). The second-order valence-corrected chi connectivity index (χ2v) is 8.46. The van der Waals surface area contributed by atoms with Gasteiger partial charge in [-0.15, -0.1) is 0 Å². The van der Waals surface area contributed by atoms with Gasteiger partial charge in [0.1, 0.15) is 0 Å². The average molecular weight is 364 g/mol. The molecular formula is C19H26ClN3O2. The molecule has 0 aliphatic carbocycles. The summed E-state index contributed by atoms with van der Waals surface area (Å²) in [7, 11) is 0. The van der Waals surface area contributed by atoms with Crippen LogP contribution in [0.3, 0.4) is 0 Å². The van der Waals surface area contributed by atoms with Crippen LogP contribution in [0, 0.1) is 5.92 Å². The van der Waals surface area contributed by atoms with Crippen molar-refractivity contribution in [3.05, 3.63) is 17.2 Å². The van der Waals surface area contributed by atoms with Crippen molar-refractivity contribution in [3.63, 3.8) is 0 Å². The predicted octanol–water partition coefficient (Wildman–Crippen LogP) is 4.55. The minimum Gasteiger partial charge on any atom is -0.485 e. The summed E-state index contributed by atoms with van der Waals surface area (Å²) >= 11 is 6.31. The number of hydrogen-bond donors (Lipinski definition) is 1. The van der Waals surface area contributed by atoms with Crippen LogP contribution < -0.4 is 10.1 Å². The first-order valence-electron chi connectivity index (χ1n) is 9.14. The van der Waals surface area contributed by atoms with E-state index in [9.17, 15) is 0 Å². The summed E-state index contributed by atoms with van der Waals surface area (Å²) < 4.78 is 11.5. The molecule has 3 fully saturated rings. The maximum Gasteiger partial charge on any atom is 0.212 e. The second-order valence-electron chi connectivity index (χ2n) is 8.05. The van der Waals surface area contributed by atoms with Crippen LogP contribution in [-0.4, -0.2) is 40.8 Å². The van der Waals surface area contributed by atoms with E-state index in [1.807, 2.05) is 26.0 Å². The van der Waals surface area contributed by atoms with Crippen molar-refractivity contribution in [2.24, 2.45) is 5.92 Å². The second kappa shape index (κ2) is 6.06. The first kappa shape index (κ1) is 17.0. The van der Waals surface area contributed by atoms with Gasteiger partial charge < -0.3 is 14.6 Å². The SMILES string of the molecule is CC(C)Oc1c(Cl)ccc2c(NC3C4CCN(CC4)C3(C)C)noc12. The van der Waals surface area contributed by atoms with Crippen molar-refractivity contribution in [2.45, 2.75) is 58.2 Å². The highest BCUT2D eigenvalue weighted by molar-refractivity contribution is 6.33. The van der Waals surface area contributed by atoms with Crippen LogP contribution in [0.15, 0.2) is 16.7 Å². The maximum atomic E-state index is 6.31. The van der Waals surface area contributed by atoms with Gasteiger partial charge in [0.15, 0.2) is 11.6 Å². The van der Waals surface area contributed by atoms with Crippen molar-refractivity contribution in [1.29, 1.82) is 0 Å². The third-order valence-corrected chi connectivity index (χ3v) is 6.08. The van der Waals surface area contributed by atoms with Gasteiger partial charge in [-0.3, -0.25) is 4.90 Å². The molecule has 2 bridgehead atoms. The summed E-state index contributed by atoms with van der Waals surface area (Å²) in [4.78, 5) is 2.58. The third-order valence-electron chi connectivity index (χ3n) is 5.78. The summed E-state index contributed by atoms with van der Waals surface area (Å²) in [5.41, 5.74) is 0.721. The summed E-state index contributed by atoms with van der Waals surface area (Å²) in [5, 5.41) is 9.46. The van der Waals surface area contributed by atoms with Gasteiger partial charge in [-0.25, -0.2) is 0 Å². The highest BCUT2D eigenvalue weighted by atomic mass is 35.5. The zero-order valence-corrected chi connectivity index (χ0v) is 16.1. The fourth-order valence-electron chi connectivity index (χ4n) is 4.43. The molecule has 5 rings (SSSR count). The Kier molecular flexibility index (Phi) is 4.12. The molecule has 1 aromatic carbocycles. The van der Waals surface area contributed by atoms with Crippen LogP contribution in [0.1, 0.15) is 40.5 Å². The Morgan fingerprint density at radius 1 is 1.32 bits per heavy atom. The quantitative estimate of drug-likeness (QED) is 0.863. The largest absolute Gasteiger partial charge is 0.485 e. The minimum atomic E-state index is 0.0189. The zero-order chi connectivity index (χ0) is 17.8. The lowest BCUT2D eigenvalue weighted by atomic mass is 9.72. The normalized spacial score (nSPS) is 27.8. The molecule has 3 aliphatic heterocycles. The van der Waals surface area contributed by atoms with Gasteiger partial charge in [0.2, 0.25) is 5.58 Å². The summed E-state index contributed by atoms with van der Waals surface area (Å²) in [5.74, 6) is 2.03. The molecule has 5 nitrogen and oxygen atoms in total. The number of aromatic nitrogens is 1. The van der Waals surface area contributed by atoms with Crippen LogP contribution >= 0.6 is 11.6 Å². The van der Waals surface area contributed by atoms with Crippen LogP contribution in [-0.2, 0) is 0 Å². The summed E-state index contributed by atoms with van der Waals surface area (Å²) in [6.07, 6.45) is 2.50. The first-order valence-corrected chi connectivity index (χ1v) is 9.52. The topological polar surface area (TPSA) is 50.5 Å². The lowest BCUT2D eigenvalue weighted by molar-refractivity contribution is -0.0189. The molecule has 25 heavy (non-hydrogen) atoms. The molecule has 1 atom stereocenters. The lowest BCUT2D eigenvalue weighted by Gasteiger charge is -2.56. The van der Waals surface area contributed by atoms with E-state index in [1.165, 1.54) is 25.9 Å². The Bertz CT molecular complexity index is 778. The monoisotopic (exact) mass is 363 g/mol. The van der Waals surface area contributed by atoms with E-state index in [0.29, 0.717) is 28.3 Å². The molecule has 0 saturated carbocycles. The van der Waals surface area contributed by atoms with Crippen molar-refractivity contribution in [2.75, 3.05) is 18.4 Å². The molecule has 0 radical (unpaired) electrons. The number of anilines is 1. The Hall–Kier alpha value is -1.46. The predicted molar refractivity (Wildman–Crippen MR) is 101 cm³/mol. The van der Waals surface area contributed by atoms with E-state index in [1.54, 1.807) is 0 Å². The number of piperidine rings is 3. The Morgan fingerprint density at radius 2 is 2.04 bits per heavy atom. The minimum absolute atomic E-state index is 0.0189. The van der Waals surface area contributed by atoms with Crippen LogP contribution in [0.5, 0.6) is 5.75 Å². The van der Waals surface area contributed by atoms with Gasteiger partial charge in [0.05, 0.1) is 16.5 Å². The Labute approximate surface area is 153 Å². The van der Waals surface area contributed by atoms with Crippen molar-refractivity contribution in [1.82, 2.24) is 10.1 Å². The summed E-state index contributed by atoms with van der Waals surface area (Å²) in [6.45, 7) is 11.0. The first-order chi connectivity index (χ1) is 11.9. The molecule has 2 aromatic rings. The highest BCUT2D eigenvalue weighted by Crippen LogP contribution is 2.42. The number of benzene rings is 1. The third kappa shape index (κ3) is 2.77. The van der Waals surface area contributed by atoms with Gasteiger partial charge in [-0.1, -0.05) is 16.8 Å². The van der Waals surface area contributed by atoms with Crippen LogP contribution in [0.4, 0.5) is 5.82 Å². The number of halogens is 1. The van der Waals surface area contributed by atoms with Gasteiger partial charge in [0, 0.05) is 11.6 Å². The van der Waals surface area contributed by atoms with E-state index in [-0.39, 0.29) is 11.6 Å². The molecule has 1 N–H and O–H groups in total. The molecule has 0 amide bonds.